The van der Waals surface area contributed by atoms with Crippen LogP contribution in [0.1, 0.15) is 7.43 Å². The van der Waals surface area contributed by atoms with E-state index in [1.165, 1.54) is 14.3 Å². The zero-order valence-electron chi connectivity index (χ0n) is 32.0. The number of furan rings is 4. The summed E-state index contributed by atoms with van der Waals surface area (Å²) in [6.07, 6.45) is 0. The molecule has 0 aliphatic heterocycles. The molecule has 0 atom stereocenters. The molecule has 8 aromatic carbocycles. The largest absolute Gasteiger partial charge is 0.489 e. The van der Waals surface area contributed by atoms with Crippen LogP contribution in [0.5, 0.6) is 0 Å². The summed E-state index contributed by atoms with van der Waals surface area (Å²) in [6.45, 7) is 0. The molecule has 0 amide bonds. The van der Waals surface area contributed by atoms with Gasteiger partial charge in [-0.2, -0.15) is 0 Å². The lowest BCUT2D eigenvalue weighted by Gasteiger charge is -2.05. The van der Waals surface area contributed by atoms with Crippen LogP contribution in [0, 0.1) is 3.57 Å². The minimum Gasteiger partial charge on any atom is -0.456 e. The highest BCUT2D eigenvalue weighted by atomic mass is 127. The molecule has 4 heterocycles. The first-order valence-corrected chi connectivity index (χ1v) is 22.3. The summed E-state index contributed by atoms with van der Waals surface area (Å²) < 4.78 is 26.6. The third kappa shape index (κ3) is 8.79. The van der Waals surface area contributed by atoms with E-state index in [2.05, 4.69) is 118 Å². The molecule has 0 bridgehead atoms. The van der Waals surface area contributed by atoms with Gasteiger partial charge in [-0.15, -0.1) is 0 Å². The fraction of sp³-hybridized carbons (Fsp3) is 0.0204. The first-order chi connectivity index (χ1) is 30.1. The van der Waals surface area contributed by atoms with Crippen LogP contribution < -0.4 is 5.46 Å². The van der Waals surface area contributed by atoms with Crippen LogP contribution in [-0.2, 0) is 0 Å². The molecular formula is C49H30B3Br2Cl2IO6. The molecule has 0 saturated heterocycles. The van der Waals surface area contributed by atoms with E-state index >= 15 is 0 Å². The van der Waals surface area contributed by atoms with Crippen molar-refractivity contribution in [3.8, 4) is 11.1 Å². The molecular weight excluding hydrogens is 1070 g/mol. The SMILES string of the molecule is Brc1ccc2c(c1)oc1ccc(I)cc12.C.Clc1cc2oc3ccccc3c2cc1-c1ccc2oc3cc(Br)ccc3c2c1.OB(O)c1cc2c(cc1Cl)oc1ccccc12.[B][B]. The van der Waals surface area contributed by atoms with Crippen LogP contribution in [0.3, 0.4) is 0 Å². The van der Waals surface area contributed by atoms with E-state index in [1.807, 2.05) is 84.9 Å². The molecule has 0 unspecified atom stereocenters. The molecule has 12 aromatic rings. The maximum atomic E-state index is 9.21. The van der Waals surface area contributed by atoms with Gasteiger partial charge in [-0.25, -0.2) is 0 Å². The third-order valence-electron chi connectivity index (χ3n) is 10.4. The van der Waals surface area contributed by atoms with Gasteiger partial charge in [-0.05, 0) is 125 Å². The Morgan fingerprint density at radius 2 is 0.873 bits per heavy atom. The minimum atomic E-state index is -1.58. The van der Waals surface area contributed by atoms with Crippen LogP contribution in [0.25, 0.3) is 98.9 Å². The summed E-state index contributed by atoms with van der Waals surface area (Å²) in [4.78, 5) is 0. The fourth-order valence-corrected chi connectivity index (χ4v) is 9.26. The fourth-order valence-electron chi connectivity index (χ4n) is 7.57. The van der Waals surface area contributed by atoms with Crippen molar-refractivity contribution in [1.29, 1.82) is 0 Å². The Kier molecular flexibility index (Phi) is 13.4. The monoisotopic (exact) mass is 1100 g/mol. The average molecular weight is 1100 g/mol. The van der Waals surface area contributed by atoms with Crippen molar-refractivity contribution in [1.82, 2.24) is 0 Å². The molecule has 0 fully saturated rings. The molecule has 0 aliphatic rings. The maximum Gasteiger partial charge on any atom is 0.489 e. The molecule has 306 valence electrons. The lowest BCUT2D eigenvalue weighted by molar-refractivity contribution is 0.426. The molecule has 12 rings (SSSR count). The second-order valence-electron chi connectivity index (χ2n) is 14.1. The van der Waals surface area contributed by atoms with Crippen molar-refractivity contribution in [2.75, 3.05) is 0 Å². The van der Waals surface area contributed by atoms with Gasteiger partial charge in [0.25, 0.3) is 0 Å². The number of hydrogen-bond donors (Lipinski definition) is 2. The topological polar surface area (TPSA) is 93.0 Å². The Balaban J connectivity index is 0.000000134. The normalized spacial score (nSPS) is 11.1. The molecule has 2 N–H and O–H groups in total. The number of hydrogen-bond acceptors (Lipinski definition) is 6. The van der Waals surface area contributed by atoms with Crippen LogP contribution >= 0.6 is 77.7 Å². The molecule has 0 spiro atoms. The predicted octanol–water partition coefficient (Wildman–Crippen LogP) is 15.3. The smallest absolute Gasteiger partial charge is 0.456 e. The highest BCUT2D eigenvalue weighted by Gasteiger charge is 2.19. The molecule has 14 heteroatoms. The number of fused-ring (bicyclic) bond motifs is 12. The first kappa shape index (κ1) is 44.9. The molecule has 0 aliphatic carbocycles. The van der Waals surface area contributed by atoms with Gasteiger partial charge < -0.3 is 27.7 Å². The second kappa shape index (κ2) is 18.8. The summed E-state index contributed by atoms with van der Waals surface area (Å²) in [6, 6.07) is 47.5. The van der Waals surface area contributed by atoms with Crippen molar-refractivity contribution >= 4 is 193 Å². The summed E-state index contributed by atoms with van der Waals surface area (Å²) in [5, 5.41) is 27.8. The van der Waals surface area contributed by atoms with Gasteiger partial charge in [-0.1, -0.05) is 105 Å². The lowest BCUT2D eigenvalue weighted by Crippen LogP contribution is -2.30. The lowest BCUT2D eigenvalue weighted by atomic mass is 9.79. The summed E-state index contributed by atoms with van der Waals surface area (Å²) in [5.74, 6) is 0. The van der Waals surface area contributed by atoms with E-state index in [9.17, 15) is 10.0 Å². The molecule has 63 heavy (non-hydrogen) atoms. The molecule has 0 saturated carbocycles. The van der Waals surface area contributed by atoms with E-state index in [0.29, 0.717) is 10.6 Å². The zero-order valence-corrected chi connectivity index (χ0v) is 38.8. The van der Waals surface area contributed by atoms with Crippen LogP contribution in [0.2, 0.25) is 10.0 Å². The standard InChI is InChI=1S/C24H12BrClO2.C12H8BClO3.C12H6BrIO.CH4.B2/c25-14-6-7-16-18-9-13(5-8-22(18)28-23(16)10-14)17-11-19-15-3-1-2-4-21(15)27-24(19)12-20(17)26;14-10-6-12-8(5-9(10)13(15)16)7-3-1-2-4-11(7)17-12;13-7-1-3-9-10-6-8(14)2-4-11(10)15-12(9)5-7;;1-2/h1-12H;1-6,15-16H;1-6H;1H4;. The van der Waals surface area contributed by atoms with Gasteiger partial charge in [0.05, 0.1) is 5.02 Å². The van der Waals surface area contributed by atoms with Crippen LogP contribution in [0.15, 0.2) is 172 Å². The summed E-state index contributed by atoms with van der Waals surface area (Å²) in [5.41, 5.74) is 8.98. The van der Waals surface area contributed by atoms with E-state index in [-0.39, 0.29) is 17.9 Å². The van der Waals surface area contributed by atoms with Crippen molar-refractivity contribution < 1.29 is 27.7 Å². The first-order valence-electron chi connectivity index (χ1n) is 18.9. The number of para-hydroxylation sites is 2. The van der Waals surface area contributed by atoms with Crippen molar-refractivity contribution in [2.24, 2.45) is 0 Å². The molecule has 4 radical (unpaired) electrons. The van der Waals surface area contributed by atoms with Gasteiger partial charge in [0, 0.05) is 93.2 Å². The van der Waals surface area contributed by atoms with Gasteiger partial charge in [-0.3, -0.25) is 0 Å². The zero-order chi connectivity index (χ0) is 43.2. The number of rotatable bonds is 2. The predicted molar refractivity (Wildman–Crippen MR) is 280 cm³/mol. The van der Waals surface area contributed by atoms with Crippen LogP contribution in [0.4, 0.5) is 0 Å². The maximum absolute atomic E-state index is 9.21. The Morgan fingerprint density at radius 1 is 0.444 bits per heavy atom. The van der Waals surface area contributed by atoms with Gasteiger partial charge >= 0.3 is 7.12 Å². The second-order valence-corrected chi connectivity index (χ2v) is 18.0. The van der Waals surface area contributed by atoms with Crippen LogP contribution in [-0.4, -0.2) is 32.6 Å². The Bertz CT molecular complexity index is 3640. The number of benzene rings is 8. The number of halogens is 5. The van der Waals surface area contributed by atoms with Crippen molar-refractivity contribution in [3.63, 3.8) is 0 Å². The van der Waals surface area contributed by atoms with Gasteiger partial charge in [0.1, 0.15) is 44.7 Å². The highest BCUT2D eigenvalue weighted by molar-refractivity contribution is 14.1. The van der Waals surface area contributed by atoms with Crippen molar-refractivity contribution in [3.05, 3.63) is 168 Å². The van der Waals surface area contributed by atoms with Crippen molar-refractivity contribution in [2.45, 2.75) is 7.43 Å². The summed E-state index contributed by atoms with van der Waals surface area (Å²) in [7, 11) is 6.42. The minimum absolute atomic E-state index is 0. The average Bonchev–Trinajstić information content (AvgIpc) is 4.02. The Hall–Kier alpha value is -4.66. The molecule has 6 nitrogen and oxygen atoms in total. The van der Waals surface area contributed by atoms with E-state index in [4.69, 9.17) is 40.9 Å². The molecule has 4 aromatic heterocycles. The van der Waals surface area contributed by atoms with E-state index in [0.717, 1.165) is 91.5 Å². The van der Waals surface area contributed by atoms with Gasteiger partial charge in [0.15, 0.2) is 0 Å². The Labute approximate surface area is 404 Å². The van der Waals surface area contributed by atoms with E-state index in [1.54, 1.807) is 12.1 Å². The Morgan fingerprint density at radius 3 is 1.43 bits per heavy atom. The van der Waals surface area contributed by atoms with E-state index < -0.39 is 7.12 Å². The third-order valence-corrected chi connectivity index (χ3v) is 12.7. The quantitative estimate of drug-likeness (QED) is 0.132. The highest BCUT2D eigenvalue weighted by Crippen LogP contribution is 2.40. The summed E-state index contributed by atoms with van der Waals surface area (Å²) >= 11 is 21.8. The van der Waals surface area contributed by atoms with Gasteiger partial charge in [0.2, 0.25) is 0 Å².